The van der Waals surface area contributed by atoms with Crippen molar-refractivity contribution in [1.29, 1.82) is 0 Å². The topological polar surface area (TPSA) is 0 Å². The fourth-order valence-electron chi connectivity index (χ4n) is 1.58. The minimum Gasteiger partial charge on any atom is -0.122 e. The van der Waals surface area contributed by atoms with Gasteiger partial charge in [0.05, 0.1) is 0 Å². The zero-order valence-corrected chi connectivity index (χ0v) is 9.26. The molecule has 0 aromatic heterocycles. The number of halogens is 3. The van der Waals surface area contributed by atoms with Crippen molar-refractivity contribution in [1.82, 2.24) is 0 Å². The molecule has 0 spiro atoms. The van der Waals surface area contributed by atoms with E-state index in [0.717, 1.165) is 10.6 Å². The fraction of sp³-hybridized carbons (Fsp3) is 0.400. The molecule has 1 saturated carbocycles. The Hall–Kier alpha value is 0.0900. The molecule has 1 aliphatic carbocycles. The highest BCUT2D eigenvalue weighted by Gasteiger charge is 2.28. The minimum absolute atomic E-state index is 0.492. The van der Waals surface area contributed by atoms with E-state index in [9.17, 15) is 0 Å². The second-order valence-corrected chi connectivity index (χ2v) is 4.48. The highest BCUT2D eigenvalue weighted by atomic mass is 35.5. The van der Waals surface area contributed by atoms with E-state index in [0.29, 0.717) is 16.8 Å². The SMILES string of the molecule is ClCc1cc(Cl)cc(Cl)c1C1CC1. The van der Waals surface area contributed by atoms with Gasteiger partial charge in [0, 0.05) is 15.9 Å². The van der Waals surface area contributed by atoms with Gasteiger partial charge in [-0.25, -0.2) is 0 Å². The lowest BCUT2D eigenvalue weighted by atomic mass is 10.0. The van der Waals surface area contributed by atoms with Crippen LogP contribution >= 0.6 is 34.8 Å². The molecule has 0 saturated heterocycles. The van der Waals surface area contributed by atoms with Gasteiger partial charge >= 0.3 is 0 Å². The predicted molar refractivity (Wildman–Crippen MR) is 58.0 cm³/mol. The van der Waals surface area contributed by atoms with Gasteiger partial charge in [0.1, 0.15) is 0 Å². The van der Waals surface area contributed by atoms with Gasteiger partial charge in [-0.3, -0.25) is 0 Å². The van der Waals surface area contributed by atoms with Crippen LogP contribution in [0.25, 0.3) is 0 Å². The lowest BCUT2D eigenvalue weighted by Gasteiger charge is -2.08. The Balaban J connectivity index is 2.50. The first-order valence-corrected chi connectivity index (χ1v) is 5.55. The van der Waals surface area contributed by atoms with E-state index in [2.05, 4.69) is 0 Å². The second-order valence-electron chi connectivity index (χ2n) is 3.37. The van der Waals surface area contributed by atoms with Crippen molar-refractivity contribution in [3.63, 3.8) is 0 Å². The van der Waals surface area contributed by atoms with Crippen LogP contribution < -0.4 is 0 Å². The number of benzene rings is 1. The first-order chi connectivity index (χ1) is 6.22. The van der Waals surface area contributed by atoms with Crippen LogP contribution in [0.5, 0.6) is 0 Å². The molecule has 0 bridgehead atoms. The average molecular weight is 236 g/mol. The third kappa shape index (κ3) is 1.96. The molecule has 0 N–H and O–H groups in total. The van der Waals surface area contributed by atoms with E-state index in [-0.39, 0.29) is 0 Å². The predicted octanol–water partition coefficient (Wildman–Crippen LogP) is 4.61. The maximum atomic E-state index is 6.11. The molecule has 0 atom stereocenters. The quantitative estimate of drug-likeness (QED) is 0.657. The number of rotatable bonds is 2. The molecule has 1 aromatic carbocycles. The lowest BCUT2D eigenvalue weighted by Crippen LogP contribution is -1.90. The van der Waals surface area contributed by atoms with Crippen molar-refractivity contribution in [3.8, 4) is 0 Å². The van der Waals surface area contributed by atoms with E-state index in [4.69, 9.17) is 34.8 Å². The average Bonchev–Trinajstić information content (AvgIpc) is 2.86. The van der Waals surface area contributed by atoms with Gasteiger partial charge in [0.2, 0.25) is 0 Å². The minimum atomic E-state index is 0.492. The summed E-state index contributed by atoms with van der Waals surface area (Å²) in [6.45, 7) is 0. The van der Waals surface area contributed by atoms with Gasteiger partial charge < -0.3 is 0 Å². The molecule has 0 amide bonds. The number of hydrogen-bond donors (Lipinski definition) is 0. The van der Waals surface area contributed by atoms with E-state index < -0.39 is 0 Å². The number of alkyl halides is 1. The van der Waals surface area contributed by atoms with E-state index in [1.54, 1.807) is 6.07 Å². The normalized spacial score (nSPS) is 16.2. The first kappa shape index (κ1) is 9.64. The van der Waals surface area contributed by atoms with Crippen molar-refractivity contribution in [2.45, 2.75) is 24.6 Å². The summed E-state index contributed by atoms with van der Waals surface area (Å²) in [7, 11) is 0. The van der Waals surface area contributed by atoms with Crippen LogP contribution in [-0.2, 0) is 5.88 Å². The van der Waals surface area contributed by atoms with Crippen LogP contribution in [0.2, 0.25) is 10.0 Å². The summed E-state index contributed by atoms with van der Waals surface area (Å²) >= 11 is 17.8. The molecule has 0 heterocycles. The molecule has 1 aromatic rings. The second kappa shape index (κ2) is 3.68. The van der Waals surface area contributed by atoms with Crippen molar-refractivity contribution in [2.24, 2.45) is 0 Å². The van der Waals surface area contributed by atoms with Crippen molar-refractivity contribution >= 4 is 34.8 Å². The maximum absolute atomic E-state index is 6.11. The summed E-state index contributed by atoms with van der Waals surface area (Å²) in [5.74, 6) is 1.12. The summed E-state index contributed by atoms with van der Waals surface area (Å²) in [6.07, 6.45) is 2.45. The molecule has 0 nitrogen and oxygen atoms in total. The highest BCUT2D eigenvalue weighted by Crippen LogP contribution is 2.46. The van der Waals surface area contributed by atoms with Gasteiger partial charge in [0.25, 0.3) is 0 Å². The summed E-state index contributed by atoms with van der Waals surface area (Å²) in [4.78, 5) is 0. The highest BCUT2D eigenvalue weighted by molar-refractivity contribution is 6.35. The van der Waals surface area contributed by atoms with Crippen LogP contribution in [0.1, 0.15) is 29.9 Å². The molecule has 2 rings (SSSR count). The molecule has 0 aliphatic heterocycles. The number of hydrogen-bond acceptors (Lipinski definition) is 0. The zero-order valence-electron chi connectivity index (χ0n) is 6.99. The van der Waals surface area contributed by atoms with Crippen LogP contribution in [0.15, 0.2) is 12.1 Å². The molecule has 1 aliphatic rings. The van der Waals surface area contributed by atoms with Gasteiger partial charge in [-0.15, -0.1) is 11.6 Å². The van der Waals surface area contributed by atoms with E-state index in [1.165, 1.54) is 18.4 Å². The molecule has 13 heavy (non-hydrogen) atoms. The fourth-order valence-corrected chi connectivity index (χ4v) is 2.49. The summed E-state index contributed by atoms with van der Waals surface area (Å²) in [5.41, 5.74) is 2.29. The van der Waals surface area contributed by atoms with Crippen molar-refractivity contribution in [2.75, 3.05) is 0 Å². The van der Waals surface area contributed by atoms with Crippen LogP contribution in [0, 0.1) is 0 Å². The third-order valence-corrected chi connectivity index (χ3v) is 3.13. The molecule has 0 radical (unpaired) electrons. The Kier molecular flexibility index (Phi) is 2.73. The monoisotopic (exact) mass is 234 g/mol. The van der Waals surface area contributed by atoms with E-state index >= 15 is 0 Å². The summed E-state index contributed by atoms with van der Waals surface area (Å²) < 4.78 is 0. The molecule has 3 heteroatoms. The van der Waals surface area contributed by atoms with Crippen molar-refractivity contribution in [3.05, 3.63) is 33.3 Å². The zero-order chi connectivity index (χ0) is 9.42. The Morgan fingerprint density at radius 1 is 1.23 bits per heavy atom. The van der Waals surface area contributed by atoms with Crippen LogP contribution in [0.3, 0.4) is 0 Å². The molecular weight excluding hydrogens is 226 g/mol. The first-order valence-electron chi connectivity index (χ1n) is 4.26. The molecule has 70 valence electrons. The van der Waals surface area contributed by atoms with Gasteiger partial charge in [-0.1, -0.05) is 23.2 Å². The van der Waals surface area contributed by atoms with Gasteiger partial charge in [-0.05, 0) is 42.0 Å². The summed E-state index contributed by atoms with van der Waals surface area (Å²) in [5, 5.41) is 1.44. The van der Waals surface area contributed by atoms with Crippen LogP contribution in [0.4, 0.5) is 0 Å². The Labute approximate surface area is 92.8 Å². The third-order valence-electron chi connectivity index (χ3n) is 2.31. The van der Waals surface area contributed by atoms with Gasteiger partial charge in [0.15, 0.2) is 0 Å². The maximum Gasteiger partial charge on any atom is 0.0477 e. The van der Waals surface area contributed by atoms with E-state index in [1.807, 2.05) is 6.07 Å². The smallest absolute Gasteiger partial charge is 0.0477 e. The molecular formula is C10H9Cl3. The summed E-state index contributed by atoms with van der Waals surface area (Å²) in [6, 6.07) is 3.71. The van der Waals surface area contributed by atoms with Crippen molar-refractivity contribution < 1.29 is 0 Å². The molecule has 0 unspecified atom stereocenters. The molecule has 1 fully saturated rings. The standard InChI is InChI=1S/C10H9Cl3/c11-5-7-3-8(12)4-9(13)10(7)6-1-2-6/h3-4,6H,1-2,5H2. The van der Waals surface area contributed by atoms with Gasteiger partial charge in [-0.2, -0.15) is 0 Å². The largest absolute Gasteiger partial charge is 0.122 e. The Morgan fingerprint density at radius 3 is 2.46 bits per heavy atom. The van der Waals surface area contributed by atoms with Crippen LogP contribution in [-0.4, -0.2) is 0 Å². The Bertz CT molecular complexity index is 329. The Morgan fingerprint density at radius 2 is 1.92 bits per heavy atom. The lowest BCUT2D eigenvalue weighted by molar-refractivity contribution is 1.09.